The lowest BCUT2D eigenvalue weighted by Crippen LogP contribution is -2.04. The third-order valence-corrected chi connectivity index (χ3v) is 9.06. The molecule has 0 amide bonds. The highest BCUT2D eigenvalue weighted by Crippen LogP contribution is 2.31. The lowest BCUT2D eigenvalue weighted by atomic mass is 10.1. The van der Waals surface area contributed by atoms with Gasteiger partial charge in [0.2, 0.25) is 0 Å². The first-order chi connectivity index (χ1) is 18.3. The molecule has 0 aliphatic rings. The van der Waals surface area contributed by atoms with E-state index >= 15 is 0 Å². The average molecular weight is 631 g/mol. The Hall–Kier alpha value is -3.76. The lowest BCUT2D eigenvalue weighted by molar-refractivity contribution is 0.477. The van der Waals surface area contributed by atoms with Crippen LogP contribution in [0.4, 0.5) is 0 Å². The number of benzene rings is 3. The van der Waals surface area contributed by atoms with E-state index in [1.54, 1.807) is 0 Å². The smallest absolute Gasteiger partial charge is 0.296 e. The monoisotopic (exact) mass is 630 g/mol. The molecule has 5 aromatic rings. The number of nitrogens with one attached hydrogen (secondary N) is 2. The van der Waals surface area contributed by atoms with Crippen LogP contribution in [0.1, 0.15) is 0 Å². The van der Waals surface area contributed by atoms with Gasteiger partial charge in [-0.3, -0.25) is 18.2 Å². The maximum Gasteiger partial charge on any atom is 0.296 e. The van der Waals surface area contributed by atoms with Crippen molar-refractivity contribution in [1.82, 2.24) is 19.9 Å². The zero-order valence-electron chi connectivity index (χ0n) is 19.2. The highest BCUT2D eigenvalue weighted by atomic mass is 32.2. The Morgan fingerprint density at radius 3 is 1.10 bits per heavy atom. The van der Waals surface area contributed by atoms with Crippen molar-refractivity contribution in [2.45, 2.75) is 19.6 Å². The van der Waals surface area contributed by atoms with Crippen LogP contribution in [0.25, 0.3) is 44.8 Å². The predicted octanol–water partition coefficient (Wildman–Crippen LogP) is 1.76. The van der Waals surface area contributed by atoms with Crippen molar-refractivity contribution in [3.05, 3.63) is 48.5 Å². The van der Waals surface area contributed by atoms with Gasteiger partial charge in [-0.1, -0.05) is 24.3 Å². The van der Waals surface area contributed by atoms with Crippen LogP contribution >= 0.6 is 0 Å². The van der Waals surface area contributed by atoms with Gasteiger partial charge >= 0.3 is 0 Å². The van der Waals surface area contributed by atoms with Gasteiger partial charge in [0.25, 0.3) is 40.5 Å². The van der Waals surface area contributed by atoms with Crippen molar-refractivity contribution in [3.63, 3.8) is 0 Å². The third-order valence-electron chi connectivity index (χ3n) is 5.64. The zero-order chi connectivity index (χ0) is 29.4. The lowest BCUT2D eigenvalue weighted by Gasteiger charge is -2.02. The predicted molar refractivity (Wildman–Crippen MR) is 136 cm³/mol. The van der Waals surface area contributed by atoms with E-state index in [1.807, 2.05) is 0 Å². The molecule has 2 aromatic heterocycles. The first-order valence-corrected chi connectivity index (χ1v) is 16.2. The topological polar surface area (TPSA) is 275 Å². The van der Waals surface area contributed by atoms with Gasteiger partial charge in [0.1, 0.15) is 21.4 Å². The summed E-state index contributed by atoms with van der Waals surface area (Å²) < 4.78 is 131. The molecule has 20 heteroatoms. The molecule has 0 saturated carbocycles. The second kappa shape index (κ2) is 8.87. The van der Waals surface area contributed by atoms with Crippen LogP contribution in [0.5, 0.6) is 0 Å². The van der Waals surface area contributed by atoms with E-state index in [-0.39, 0.29) is 33.7 Å². The highest BCUT2D eigenvalue weighted by Gasteiger charge is 2.25. The Morgan fingerprint density at radius 2 is 0.825 bits per heavy atom. The van der Waals surface area contributed by atoms with E-state index in [1.165, 1.54) is 24.3 Å². The molecule has 0 aliphatic heterocycles. The Kier molecular flexibility index (Phi) is 6.16. The summed E-state index contributed by atoms with van der Waals surface area (Å²) in [6, 6.07) is 8.77. The quantitative estimate of drug-likeness (QED) is 0.146. The van der Waals surface area contributed by atoms with E-state index in [4.69, 9.17) is 0 Å². The summed E-state index contributed by atoms with van der Waals surface area (Å²) >= 11 is 0. The van der Waals surface area contributed by atoms with Crippen LogP contribution in [0.15, 0.2) is 68.1 Å². The van der Waals surface area contributed by atoms with Gasteiger partial charge in [-0.15, -0.1) is 0 Å². The van der Waals surface area contributed by atoms with Crippen LogP contribution in [0.3, 0.4) is 0 Å². The minimum Gasteiger partial charge on any atom is -0.337 e. The first-order valence-electron chi connectivity index (χ1n) is 10.4. The van der Waals surface area contributed by atoms with Gasteiger partial charge in [-0.2, -0.15) is 33.7 Å². The molecule has 5 rings (SSSR count). The van der Waals surface area contributed by atoms with E-state index in [2.05, 4.69) is 19.9 Å². The minimum absolute atomic E-state index is 0.0370. The molecule has 40 heavy (non-hydrogen) atoms. The molecular formula is C20H14N4O12S4. The van der Waals surface area contributed by atoms with Crippen molar-refractivity contribution < 1.29 is 51.9 Å². The first kappa shape index (κ1) is 27.8. The SMILES string of the molecule is O=S(=O)(O)c1cc(S(=O)(=O)O)c2[nH]c(-c3ccc(-c4nc5cc(S(=O)(=O)O)cc(S(=O)(=O)O)c5[nH]4)cc3)nc2c1. The van der Waals surface area contributed by atoms with Crippen molar-refractivity contribution in [2.75, 3.05) is 0 Å². The largest absolute Gasteiger partial charge is 0.337 e. The number of aromatic nitrogens is 4. The summed E-state index contributed by atoms with van der Waals surface area (Å²) in [4.78, 5) is 10.3. The fraction of sp³-hybridized carbons (Fsp3) is 0. The number of fused-ring (bicyclic) bond motifs is 2. The summed E-state index contributed by atoms with van der Waals surface area (Å²) in [5.41, 5.74) is -0.216. The van der Waals surface area contributed by atoms with E-state index in [0.717, 1.165) is 12.1 Å². The highest BCUT2D eigenvalue weighted by molar-refractivity contribution is 7.87. The van der Waals surface area contributed by atoms with Gasteiger partial charge in [0, 0.05) is 11.1 Å². The maximum atomic E-state index is 11.8. The van der Waals surface area contributed by atoms with E-state index < -0.39 is 60.1 Å². The van der Waals surface area contributed by atoms with Crippen molar-refractivity contribution in [2.24, 2.45) is 0 Å². The number of nitrogens with zero attached hydrogens (tertiary/aromatic N) is 2. The Balaban J connectivity index is 1.61. The molecule has 0 saturated heterocycles. The van der Waals surface area contributed by atoms with Crippen molar-refractivity contribution in [1.29, 1.82) is 0 Å². The molecule has 16 nitrogen and oxygen atoms in total. The van der Waals surface area contributed by atoms with Crippen molar-refractivity contribution in [3.8, 4) is 22.8 Å². The Morgan fingerprint density at radius 1 is 0.500 bits per heavy atom. The van der Waals surface area contributed by atoms with Crippen LogP contribution in [0, 0.1) is 0 Å². The second-order valence-electron chi connectivity index (χ2n) is 8.28. The number of hydrogen-bond donors (Lipinski definition) is 6. The normalized spacial score (nSPS) is 13.3. The van der Waals surface area contributed by atoms with E-state index in [9.17, 15) is 51.9 Å². The molecule has 0 bridgehead atoms. The number of H-pyrrole nitrogens is 2. The standard InChI is InChI=1S/C20H14N4O12S4/c25-37(26,27)11-5-13-17(15(7-11)39(31,32)33)23-19(21-13)9-1-2-10(4-3-9)20-22-14-6-12(38(28,29)30)8-16(18(14)24-20)40(34,35)36/h1-8H,(H,21,23)(H,22,24)(H,25,26,27)(H,28,29,30)(H,31,32,33)(H,34,35,36). The summed E-state index contributed by atoms with van der Waals surface area (Å²) in [5.74, 6) is 0.0741. The fourth-order valence-electron chi connectivity index (χ4n) is 3.88. The average Bonchev–Trinajstić information content (AvgIpc) is 3.44. The molecule has 0 aliphatic carbocycles. The van der Waals surface area contributed by atoms with Gasteiger partial charge in [0.05, 0.1) is 31.9 Å². The second-order valence-corrected chi connectivity index (χ2v) is 13.9. The molecule has 0 radical (unpaired) electrons. The van der Waals surface area contributed by atoms with Gasteiger partial charge in [-0.25, -0.2) is 9.97 Å². The van der Waals surface area contributed by atoms with Gasteiger partial charge < -0.3 is 9.97 Å². The molecular weight excluding hydrogens is 617 g/mol. The number of aromatic amines is 2. The fourth-order valence-corrected chi connectivity index (χ4v) is 6.46. The summed E-state index contributed by atoms with van der Waals surface area (Å²) in [7, 11) is -19.6. The maximum absolute atomic E-state index is 11.8. The van der Waals surface area contributed by atoms with Crippen LogP contribution in [-0.4, -0.2) is 71.8 Å². The summed E-state index contributed by atoms with van der Waals surface area (Å²) in [6.07, 6.45) is 0. The minimum atomic E-state index is -4.94. The van der Waals surface area contributed by atoms with Crippen LogP contribution in [-0.2, 0) is 40.5 Å². The Bertz CT molecular complexity index is 2140. The molecule has 0 unspecified atom stereocenters. The van der Waals surface area contributed by atoms with Crippen molar-refractivity contribution >= 4 is 62.5 Å². The number of rotatable bonds is 6. The van der Waals surface area contributed by atoms with E-state index in [0.29, 0.717) is 23.3 Å². The molecule has 0 atom stereocenters. The molecule has 2 heterocycles. The molecule has 0 fully saturated rings. The summed E-state index contributed by atoms with van der Waals surface area (Å²) in [5, 5.41) is 0. The molecule has 210 valence electrons. The molecule has 6 N–H and O–H groups in total. The molecule has 3 aromatic carbocycles. The van der Waals surface area contributed by atoms with Crippen LogP contribution < -0.4 is 0 Å². The van der Waals surface area contributed by atoms with Crippen LogP contribution in [0.2, 0.25) is 0 Å². The van der Waals surface area contributed by atoms with Gasteiger partial charge in [0.15, 0.2) is 0 Å². The molecule has 0 spiro atoms. The zero-order valence-corrected chi connectivity index (χ0v) is 22.5. The Labute approximate surface area is 224 Å². The van der Waals surface area contributed by atoms with Gasteiger partial charge in [-0.05, 0) is 24.3 Å². The third kappa shape index (κ3) is 5.09. The summed E-state index contributed by atoms with van der Waals surface area (Å²) in [6.45, 7) is 0. The number of hydrogen-bond acceptors (Lipinski definition) is 10. The number of imidazole rings is 2.